The molecule has 1 fully saturated rings. The summed E-state index contributed by atoms with van der Waals surface area (Å²) >= 11 is 3.51. The van der Waals surface area contributed by atoms with Gasteiger partial charge in [0.15, 0.2) is 11.5 Å². The number of ether oxygens (including phenoxy) is 4. The highest BCUT2D eigenvalue weighted by atomic mass is 79.9. The highest BCUT2D eigenvalue weighted by Crippen LogP contribution is 2.52. The molecule has 1 aliphatic heterocycles. The molecule has 1 aromatic carbocycles. The van der Waals surface area contributed by atoms with E-state index in [1.807, 2.05) is 20.8 Å². The lowest BCUT2D eigenvalue weighted by molar-refractivity contribution is -0.123. The van der Waals surface area contributed by atoms with Gasteiger partial charge in [0.25, 0.3) is 5.79 Å². The fraction of sp³-hybridized carbons (Fsp3) is 0.680. The molecule has 184 valence electrons. The molecule has 1 saturated carbocycles. The molecule has 3 rings (SSSR count). The van der Waals surface area contributed by atoms with Crippen LogP contribution in [-0.4, -0.2) is 37.6 Å². The van der Waals surface area contributed by atoms with Gasteiger partial charge in [0.05, 0.1) is 17.1 Å². The van der Waals surface area contributed by atoms with Crippen LogP contribution in [0.25, 0.3) is 0 Å². The molecular weight excluding hydrogens is 490 g/mol. The minimum atomic E-state index is -0.795. The van der Waals surface area contributed by atoms with E-state index in [0.717, 1.165) is 44.9 Å². The second-order valence-corrected chi connectivity index (χ2v) is 10.2. The Morgan fingerprint density at radius 2 is 1.91 bits per heavy atom. The largest absolute Gasteiger partial charge is 0.465 e. The summed E-state index contributed by atoms with van der Waals surface area (Å²) in [5.74, 6) is 0.639. The molecule has 2 aliphatic rings. The molecule has 7 nitrogen and oxygen atoms in total. The maximum absolute atomic E-state index is 12.1. The van der Waals surface area contributed by atoms with E-state index in [9.17, 15) is 9.59 Å². The lowest BCUT2D eigenvalue weighted by Crippen LogP contribution is -2.45. The first-order chi connectivity index (χ1) is 15.7. The minimum absolute atomic E-state index is 0.0542. The molecule has 1 heterocycles. The number of fused-ring (bicyclic) bond motifs is 1. The Morgan fingerprint density at radius 3 is 2.55 bits per heavy atom. The SMILES string of the molecule is CCCCC(C)OC(=O)NCC1CCC(C2(C)Oc3c(Br)cc(C(=O)OC)c(C)c3O2)CC1. The molecule has 2 unspecified atom stereocenters. The molecule has 0 radical (unpaired) electrons. The Labute approximate surface area is 205 Å². The van der Waals surface area contributed by atoms with Crippen LogP contribution in [0.5, 0.6) is 11.5 Å². The molecule has 0 aromatic heterocycles. The summed E-state index contributed by atoms with van der Waals surface area (Å²) in [6.07, 6.45) is 6.48. The normalized spacial score (nSPS) is 24.8. The third-order valence-electron chi connectivity index (χ3n) is 6.85. The predicted molar refractivity (Wildman–Crippen MR) is 129 cm³/mol. The van der Waals surface area contributed by atoms with E-state index in [4.69, 9.17) is 18.9 Å². The topological polar surface area (TPSA) is 83.1 Å². The van der Waals surface area contributed by atoms with Crippen molar-refractivity contribution in [2.24, 2.45) is 11.8 Å². The van der Waals surface area contributed by atoms with Crippen LogP contribution in [0.15, 0.2) is 10.5 Å². The van der Waals surface area contributed by atoms with Gasteiger partial charge >= 0.3 is 12.1 Å². The average molecular weight is 526 g/mol. The first-order valence-electron chi connectivity index (χ1n) is 11.9. The van der Waals surface area contributed by atoms with Crippen LogP contribution in [0, 0.1) is 18.8 Å². The molecule has 1 aliphatic carbocycles. The van der Waals surface area contributed by atoms with E-state index >= 15 is 0 Å². The lowest BCUT2D eigenvalue weighted by Gasteiger charge is -2.37. The van der Waals surface area contributed by atoms with Crippen LogP contribution >= 0.6 is 15.9 Å². The first kappa shape index (κ1) is 25.7. The monoisotopic (exact) mass is 525 g/mol. The molecule has 8 heteroatoms. The van der Waals surface area contributed by atoms with Gasteiger partial charge < -0.3 is 24.3 Å². The van der Waals surface area contributed by atoms with Crippen molar-refractivity contribution >= 4 is 28.0 Å². The van der Waals surface area contributed by atoms with Gasteiger partial charge in [-0.05, 0) is 73.9 Å². The third kappa shape index (κ3) is 5.94. The van der Waals surface area contributed by atoms with Gasteiger partial charge in [-0.25, -0.2) is 9.59 Å². The molecule has 0 spiro atoms. The van der Waals surface area contributed by atoms with Gasteiger partial charge in [-0.15, -0.1) is 0 Å². The van der Waals surface area contributed by atoms with Gasteiger partial charge in [0, 0.05) is 24.9 Å². The Morgan fingerprint density at radius 1 is 1.24 bits per heavy atom. The summed E-state index contributed by atoms with van der Waals surface area (Å²) in [5.41, 5.74) is 1.18. The van der Waals surface area contributed by atoms with E-state index in [1.54, 1.807) is 6.07 Å². The summed E-state index contributed by atoms with van der Waals surface area (Å²) in [5, 5.41) is 2.93. The van der Waals surface area contributed by atoms with Gasteiger partial charge in [0.2, 0.25) is 0 Å². The first-order valence-corrected chi connectivity index (χ1v) is 12.7. The van der Waals surface area contributed by atoms with E-state index in [-0.39, 0.29) is 18.1 Å². The summed E-state index contributed by atoms with van der Waals surface area (Å²) < 4.78 is 23.7. The van der Waals surface area contributed by atoms with Crippen molar-refractivity contribution in [3.8, 4) is 11.5 Å². The number of benzene rings is 1. The number of alkyl carbamates (subject to hydrolysis) is 1. The van der Waals surface area contributed by atoms with E-state index < -0.39 is 11.8 Å². The number of unbranched alkanes of at least 4 members (excludes halogenated alkanes) is 1. The van der Waals surface area contributed by atoms with E-state index in [0.29, 0.717) is 39.6 Å². The maximum atomic E-state index is 12.1. The second-order valence-electron chi connectivity index (χ2n) is 9.36. The van der Waals surface area contributed by atoms with Gasteiger partial charge in [-0.2, -0.15) is 0 Å². The van der Waals surface area contributed by atoms with Crippen LogP contribution in [0.2, 0.25) is 0 Å². The van der Waals surface area contributed by atoms with Gasteiger partial charge in [-0.1, -0.05) is 19.8 Å². The molecule has 0 saturated heterocycles. The molecular formula is C25H36BrNO6. The average Bonchev–Trinajstić information content (AvgIpc) is 3.18. The molecule has 0 bridgehead atoms. The zero-order chi connectivity index (χ0) is 24.2. The summed E-state index contributed by atoms with van der Waals surface area (Å²) in [6.45, 7) is 8.50. The Bertz CT molecular complexity index is 867. The smallest absolute Gasteiger partial charge is 0.407 e. The molecule has 2 atom stereocenters. The zero-order valence-electron chi connectivity index (χ0n) is 20.3. The summed E-state index contributed by atoms with van der Waals surface area (Å²) in [6, 6.07) is 1.72. The Balaban J connectivity index is 1.53. The van der Waals surface area contributed by atoms with Crippen LogP contribution in [0.4, 0.5) is 4.79 Å². The second kappa shape index (κ2) is 11.0. The maximum Gasteiger partial charge on any atom is 0.407 e. The number of hydrogen-bond acceptors (Lipinski definition) is 6. The molecule has 1 N–H and O–H groups in total. The van der Waals surface area contributed by atoms with Crippen molar-refractivity contribution in [3.63, 3.8) is 0 Å². The Hall–Kier alpha value is -1.96. The number of carbonyl (C=O) groups is 2. The molecule has 1 amide bonds. The van der Waals surface area contributed by atoms with Crippen molar-refractivity contribution in [2.75, 3.05) is 13.7 Å². The predicted octanol–water partition coefficient (Wildman–Crippen LogP) is 6.14. The zero-order valence-corrected chi connectivity index (χ0v) is 21.9. The Kier molecular flexibility index (Phi) is 8.54. The van der Waals surface area contributed by atoms with Crippen molar-refractivity contribution in [2.45, 2.75) is 84.5 Å². The summed E-state index contributed by atoms with van der Waals surface area (Å²) in [7, 11) is 1.37. The number of halogens is 1. The van der Waals surface area contributed by atoms with Crippen molar-refractivity contribution in [1.82, 2.24) is 5.32 Å². The fourth-order valence-electron chi connectivity index (χ4n) is 4.73. The van der Waals surface area contributed by atoms with Gasteiger partial charge in [0.1, 0.15) is 6.10 Å². The number of hydrogen-bond donors (Lipinski definition) is 1. The summed E-state index contributed by atoms with van der Waals surface area (Å²) in [4.78, 5) is 24.2. The van der Waals surface area contributed by atoms with E-state index in [2.05, 4.69) is 28.2 Å². The van der Waals surface area contributed by atoms with E-state index in [1.165, 1.54) is 7.11 Å². The fourth-order valence-corrected chi connectivity index (χ4v) is 5.22. The van der Waals surface area contributed by atoms with Crippen LogP contribution in [-0.2, 0) is 9.47 Å². The van der Waals surface area contributed by atoms with Crippen LogP contribution < -0.4 is 14.8 Å². The quantitative estimate of drug-likeness (QED) is 0.410. The van der Waals surface area contributed by atoms with Crippen LogP contribution in [0.3, 0.4) is 0 Å². The number of amides is 1. The highest BCUT2D eigenvalue weighted by Gasteiger charge is 2.47. The number of esters is 1. The number of methoxy groups -OCH3 is 1. The number of carbonyl (C=O) groups excluding carboxylic acids is 2. The van der Waals surface area contributed by atoms with Crippen molar-refractivity contribution in [1.29, 1.82) is 0 Å². The van der Waals surface area contributed by atoms with Crippen molar-refractivity contribution < 1.29 is 28.5 Å². The lowest BCUT2D eigenvalue weighted by atomic mass is 9.78. The van der Waals surface area contributed by atoms with Crippen LogP contribution in [0.1, 0.15) is 81.6 Å². The molecule has 33 heavy (non-hydrogen) atoms. The minimum Gasteiger partial charge on any atom is -0.465 e. The standard InChI is InChI=1S/C25H36BrNO6/c1-6-7-8-15(2)31-24(29)27-14-17-9-11-18(12-10-17)25(4)32-21-16(3)19(23(28)30-5)13-20(26)22(21)33-25/h13,15,17-18H,6-12,14H2,1-5H3,(H,27,29). The third-order valence-corrected chi connectivity index (χ3v) is 7.44. The highest BCUT2D eigenvalue weighted by molar-refractivity contribution is 9.10. The number of rotatable bonds is 8. The van der Waals surface area contributed by atoms with Gasteiger partial charge in [-0.3, -0.25) is 0 Å². The number of nitrogens with one attached hydrogen (secondary N) is 1. The molecule has 1 aromatic rings. The van der Waals surface area contributed by atoms with Crippen molar-refractivity contribution in [3.05, 3.63) is 21.7 Å².